The van der Waals surface area contributed by atoms with Crippen LogP contribution in [0, 0.1) is 5.92 Å². The van der Waals surface area contributed by atoms with Crippen LogP contribution < -0.4 is 0 Å². The number of nitrogens with zero attached hydrogens (tertiary/aromatic N) is 2. The van der Waals surface area contributed by atoms with Crippen molar-refractivity contribution >= 4 is 27.5 Å². The van der Waals surface area contributed by atoms with Crippen molar-refractivity contribution in [2.24, 2.45) is 5.92 Å². The van der Waals surface area contributed by atoms with Gasteiger partial charge in [0, 0.05) is 43.4 Å². The highest BCUT2D eigenvalue weighted by Crippen LogP contribution is 2.20. The van der Waals surface area contributed by atoms with Crippen LogP contribution in [0.4, 0.5) is 3.89 Å². The maximum Gasteiger partial charge on any atom is 0.302 e. The van der Waals surface area contributed by atoms with E-state index in [-0.39, 0.29) is 12.3 Å². The maximum atomic E-state index is 12.5. The predicted octanol–water partition coefficient (Wildman–Crippen LogP) is 0.833. The summed E-state index contributed by atoms with van der Waals surface area (Å²) >= 11 is 1.51. The second kappa shape index (κ2) is 5.31. The van der Waals surface area contributed by atoms with Gasteiger partial charge >= 0.3 is 10.2 Å². The topological polar surface area (TPSA) is 67.3 Å². The minimum atomic E-state index is -4.50. The third kappa shape index (κ3) is 3.74. The second-order valence-corrected chi connectivity index (χ2v) is 6.68. The van der Waals surface area contributed by atoms with Gasteiger partial charge in [-0.1, -0.05) is 0 Å². The van der Waals surface area contributed by atoms with Crippen LogP contribution in [0.3, 0.4) is 0 Å². The summed E-state index contributed by atoms with van der Waals surface area (Å²) in [5.41, 5.74) is 0. The lowest BCUT2D eigenvalue weighted by Gasteiger charge is -2.15. The van der Waals surface area contributed by atoms with Crippen LogP contribution >= 0.6 is 11.3 Å². The Morgan fingerprint density at radius 1 is 1.56 bits per heavy atom. The average Bonchev–Trinajstić information content (AvgIpc) is 2.83. The van der Waals surface area contributed by atoms with E-state index < -0.39 is 21.9 Å². The minimum absolute atomic E-state index is 0.111. The van der Waals surface area contributed by atoms with Gasteiger partial charge < -0.3 is 4.90 Å². The fourth-order valence-corrected chi connectivity index (χ4v) is 3.47. The van der Waals surface area contributed by atoms with Crippen LogP contribution in [0.15, 0.2) is 11.6 Å². The molecule has 100 valence electrons. The molecule has 1 atom stereocenters. The van der Waals surface area contributed by atoms with Crippen molar-refractivity contribution in [3.05, 3.63) is 16.6 Å². The number of hydrogen-bond donors (Lipinski definition) is 0. The normalized spacial score (nSPS) is 20.6. The Labute approximate surface area is 109 Å². The van der Waals surface area contributed by atoms with Crippen LogP contribution in [-0.4, -0.2) is 43.1 Å². The largest absolute Gasteiger partial charge is 0.342 e. The Morgan fingerprint density at radius 3 is 2.94 bits per heavy atom. The van der Waals surface area contributed by atoms with Crippen molar-refractivity contribution in [3.63, 3.8) is 0 Å². The van der Waals surface area contributed by atoms with Gasteiger partial charge in [0.25, 0.3) is 0 Å². The molecule has 0 bridgehead atoms. The number of carbonyl (C=O) groups excluding carboxylic acids is 1. The molecule has 5 nitrogen and oxygen atoms in total. The Morgan fingerprint density at radius 2 is 2.33 bits per heavy atom. The summed E-state index contributed by atoms with van der Waals surface area (Å²) in [5, 5.41) is 2.80. The van der Waals surface area contributed by atoms with Gasteiger partial charge in [-0.15, -0.1) is 15.2 Å². The van der Waals surface area contributed by atoms with Crippen LogP contribution in [0.2, 0.25) is 0 Å². The molecule has 0 aromatic carbocycles. The molecule has 0 radical (unpaired) electrons. The van der Waals surface area contributed by atoms with Crippen molar-refractivity contribution in [2.75, 3.05) is 18.8 Å². The van der Waals surface area contributed by atoms with Crippen LogP contribution in [-0.2, 0) is 21.4 Å². The molecule has 1 aromatic heterocycles. The van der Waals surface area contributed by atoms with Gasteiger partial charge in [-0.3, -0.25) is 4.79 Å². The monoisotopic (exact) mass is 292 g/mol. The summed E-state index contributed by atoms with van der Waals surface area (Å²) in [5.74, 6) is -1.10. The zero-order chi connectivity index (χ0) is 13.2. The predicted molar refractivity (Wildman–Crippen MR) is 65.4 cm³/mol. The first-order valence-corrected chi connectivity index (χ1v) is 7.96. The van der Waals surface area contributed by atoms with E-state index in [0.717, 1.165) is 5.01 Å². The SMILES string of the molecule is O=C1CC(CS(=O)(=O)F)CN1CCc1nccs1. The second-order valence-electron chi connectivity index (χ2n) is 4.29. The third-order valence-corrected chi connectivity index (χ3v) is 4.52. The number of halogens is 1. The van der Waals surface area contributed by atoms with Gasteiger partial charge in [-0.2, -0.15) is 8.42 Å². The molecule has 1 amide bonds. The molecule has 0 aliphatic carbocycles. The standard InChI is InChI=1S/C10H13FN2O3S2/c11-18(15,16)7-8-5-10(14)13(6-8)3-1-9-12-2-4-17-9/h2,4,8H,1,3,5-7H2. The summed E-state index contributed by atoms with van der Waals surface area (Å²) in [6.45, 7) is 0.822. The van der Waals surface area contributed by atoms with Crippen molar-refractivity contribution in [2.45, 2.75) is 12.8 Å². The number of thiazole rings is 1. The maximum absolute atomic E-state index is 12.5. The molecule has 0 saturated carbocycles. The lowest BCUT2D eigenvalue weighted by atomic mass is 10.1. The van der Waals surface area contributed by atoms with Crippen molar-refractivity contribution < 1.29 is 17.1 Å². The average molecular weight is 292 g/mol. The van der Waals surface area contributed by atoms with Crippen LogP contribution in [0.25, 0.3) is 0 Å². The van der Waals surface area contributed by atoms with Gasteiger partial charge in [-0.25, -0.2) is 4.98 Å². The Bertz CT molecular complexity index is 515. The minimum Gasteiger partial charge on any atom is -0.342 e. The van der Waals surface area contributed by atoms with E-state index in [1.807, 2.05) is 5.38 Å². The molecule has 1 unspecified atom stereocenters. The highest BCUT2D eigenvalue weighted by molar-refractivity contribution is 7.86. The molecule has 1 saturated heterocycles. The van der Waals surface area contributed by atoms with E-state index in [0.29, 0.717) is 19.5 Å². The molecule has 1 aliphatic rings. The summed E-state index contributed by atoms with van der Waals surface area (Å²) in [6.07, 6.45) is 2.46. The molecule has 0 spiro atoms. The van der Waals surface area contributed by atoms with Crippen LogP contribution in [0.5, 0.6) is 0 Å². The first kappa shape index (κ1) is 13.4. The van der Waals surface area contributed by atoms with Crippen molar-refractivity contribution in [3.8, 4) is 0 Å². The number of rotatable bonds is 5. The van der Waals surface area contributed by atoms with Crippen LogP contribution in [0.1, 0.15) is 11.4 Å². The molecule has 2 rings (SSSR count). The Balaban J connectivity index is 1.86. The van der Waals surface area contributed by atoms with Gasteiger partial charge in [0.15, 0.2) is 0 Å². The quantitative estimate of drug-likeness (QED) is 0.754. The smallest absolute Gasteiger partial charge is 0.302 e. The zero-order valence-electron chi connectivity index (χ0n) is 9.58. The third-order valence-electron chi connectivity index (χ3n) is 2.81. The van der Waals surface area contributed by atoms with E-state index in [9.17, 15) is 17.1 Å². The molecule has 18 heavy (non-hydrogen) atoms. The summed E-state index contributed by atoms with van der Waals surface area (Å²) < 4.78 is 33.6. The zero-order valence-corrected chi connectivity index (χ0v) is 11.2. The molecular formula is C10H13FN2O3S2. The Kier molecular flexibility index (Phi) is 3.96. The van der Waals surface area contributed by atoms with Gasteiger partial charge in [0.1, 0.15) is 0 Å². The van der Waals surface area contributed by atoms with E-state index in [4.69, 9.17) is 0 Å². The van der Waals surface area contributed by atoms with E-state index in [1.54, 1.807) is 11.1 Å². The summed E-state index contributed by atoms with van der Waals surface area (Å²) in [7, 11) is -4.50. The van der Waals surface area contributed by atoms with Crippen molar-refractivity contribution in [1.82, 2.24) is 9.88 Å². The molecule has 1 aliphatic heterocycles. The van der Waals surface area contributed by atoms with E-state index in [2.05, 4.69) is 4.98 Å². The lowest BCUT2D eigenvalue weighted by Crippen LogP contribution is -2.28. The molecule has 2 heterocycles. The van der Waals surface area contributed by atoms with Gasteiger partial charge in [0.2, 0.25) is 5.91 Å². The molecule has 0 N–H and O–H groups in total. The number of likely N-dealkylation sites (tertiary alicyclic amines) is 1. The number of aromatic nitrogens is 1. The lowest BCUT2D eigenvalue weighted by molar-refractivity contribution is -0.127. The van der Waals surface area contributed by atoms with Crippen molar-refractivity contribution in [1.29, 1.82) is 0 Å². The summed E-state index contributed by atoms with van der Waals surface area (Å²) in [6, 6.07) is 0. The number of amides is 1. The molecule has 1 fully saturated rings. The first-order chi connectivity index (χ1) is 8.44. The Hall–Kier alpha value is -1.02. The summed E-state index contributed by atoms with van der Waals surface area (Å²) in [4.78, 5) is 17.3. The number of carbonyl (C=O) groups is 1. The molecule has 8 heteroatoms. The first-order valence-electron chi connectivity index (χ1n) is 5.52. The highest BCUT2D eigenvalue weighted by Gasteiger charge is 2.32. The molecule has 1 aromatic rings. The molecular weight excluding hydrogens is 279 g/mol. The van der Waals surface area contributed by atoms with E-state index >= 15 is 0 Å². The highest BCUT2D eigenvalue weighted by atomic mass is 32.3. The van der Waals surface area contributed by atoms with E-state index in [1.165, 1.54) is 11.3 Å². The fraction of sp³-hybridized carbons (Fsp3) is 0.600. The van der Waals surface area contributed by atoms with Gasteiger partial charge in [0.05, 0.1) is 10.8 Å². The van der Waals surface area contributed by atoms with Gasteiger partial charge in [-0.05, 0) is 0 Å². The fourth-order valence-electron chi connectivity index (χ4n) is 2.07. The number of hydrogen-bond acceptors (Lipinski definition) is 5.